The standard InChI is InChI=1S/C14H14N2O4/c17-13(11-4-5-12(20-11)14(18)19)16-10-3-1-2-9-8(10)6-7-15-9/h1-3,6-7,11-12,15H,4-5H2,(H,16,17)(H,18,19)/t11-,12+/m0/s1. The molecule has 1 aliphatic heterocycles. The lowest BCUT2D eigenvalue weighted by molar-refractivity contribution is -0.150. The Morgan fingerprint density at radius 2 is 2.05 bits per heavy atom. The number of ether oxygens (including phenoxy) is 1. The van der Waals surface area contributed by atoms with E-state index in [1.165, 1.54) is 0 Å². The van der Waals surface area contributed by atoms with Crippen molar-refractivity contribution in [1.82, 2.24) is 4.98 Å². The maximum Gasteiger partial charge on any atom is 0.332 e. The molecule has 1 amide bonds. The second-order valence-corrected chi connectivity index (χ2v) is 4.76. The summed E-state index contributed by atoms with van der Waals surface area (Å²) in [7, 11) is 0. The van der Waals surface area contributed by atoms with E-state index in [9.17, 15) is 9.59 Å². The van der Waals surface area contributed by atoms with Crippen molar-refractivity contribution < 1.29 is 19.4 Å². The molecule has 6 heteroatoms. The molecule has 0 radical (unpaired) electrons. The fourth-order valence-corrected chi connectivity index (χ4v) is 2.42. The van der Waals surface area contributed by atoms with E-state index in [4.69, 9.17) is 9.84 Å². The van der Waals surface area contributed by atoms with Gasteiger partial charge in [-0.05, 0) is 31.0 Å². The molecule has 20 heavy (non-hydrogen) atoms. The van der Waals surface area contributed by atoms with Gasteiger partial charge >= 0.3 is 5.97 Å². The predicted octanol–water partition coefficient (Wildman–Crippen LogP) is 1.74. The van der Waals surface area contributed by atoms with E-state index in [2.05, 4.69) is 10.3 Å². The third-order valence-electron chi connectivity index (χ3n) is 3.44. The molecule has 1 aromatic carbocycles. The number of carbonyl (C=O) groups is 2. The average Bonchev–Trinajstić information content (AvgIpc) is 3.08. The molecule has 2 heterocycles. The molecule has 1 aliphatic rings. The van der Waals surface area contributed by atoms with Crippen LogP contribution in [0.15, 0.2) is 30.5 Å². The van der Waals surface area contributed by atoms with Crippen molar-refractivity contribution in [1.29, 1.82) is 0 Å². The van der Waals surface area contributed by atoms with Gasteiger partial charge in [-0.15, -0.1) is 0 Å². The molecule has 3 rings (SSSR count). The van der Waals surface area contributed by atoms with Crippen LogP contribution in [0.1, 0.15) is 12.8 Å². The number of carboxylic acid groups (broad SMARTS) is 1. The van der Waals surface area contributed by atoms with Crippen LogP contribution < -0.4 is 5.32 Å². The quantitative estimate of drug-likeness (QED) is 0.795. The van der Waals surface area contributed by atoms with Crippen molar-refractivity contribution in [2.75, 3.05) is 5.32 Å². The normalized spacial score (nSPS) is 22.0. The summed E-state index contributed by atoms with van der Waals surface area (Å²) in [6.07, 6.45) is 1.000. The van der Waals surface area contributed by atoms with E-state index >= 15 is 0 Å². The third-order valence-corrected chi connectivity index (χ3v) is 3.44. The lowest BCUT2D eigenvalue weighted by atomic mass is 10.1. The van der Waals surface area contributed by atoms with Crippen LogP contribution >= 0.6 is 0 Å². The number of anilines is 1. The van der Waals surface area contributed by atoms with Crippen LogP contribution in [0.3, 0.4) is 0 Å². The number of rotatable bonds is 3. The summed E-state index contributed by atoms with van der Waals surface area (Å²) in [5.74, 6) is -1.32. The summed E-state index contributed by atoms with van der Waals surface area (Å²) in [6.45, 7) is 0. The van der Waals surface area contributed by atoms with Crippen LogP contribution in [0.2, 0.25) is 0 Å². The number of nitrogens with one attached hydrogen (secondary N) is 2. The highest BCUT2D eigenvalue weighted by molar-refractivity contribution is 6.03. The van der Waals surface area contributed by atoms with Gasteiger partial charge in [-0.2, -0.15) is 0 Å². The van der Waals surface area contributed by atoms with Gasteiger partial charge in [0.05, 0.1) is 5.69 Å². The van der Waals surface area contributed by atoms with E-state index in [1.807, 2.05) is 18.2 Å². The van der Waals surface area contributed by atoms with Gasteiger partial charge in [0.1, 0.15) is 6.10 Å². The van der Waals surface area contributed by atoms with Crippen LogP contribution in [0.25, 0.3) is 10.9 Å². The lowest BCUT2D eigenvalue weighted by Crippen LogP contribution is -2.29. The van der Waals surface area contributed by atoms with Crippen molar-refractivity contribution in [2.45, 2.75) is 25.0 Å². The summed E-state index contributed by atoms with van der Waals surface area (Å²) in [6, 6.07) is 7.43. The Bertz CT molecular complexity index is 664. The van der Waals surface area contributed by atoms with Gasteiger partial charge < -0.3 is 20.1 Å². The zero-order valence-corrected chi connectivity index (χ0v) is 10.6. The third kappa shape index (κ3) is 2.25. The highest BCUT2D eigenvalue weighted by Gasteiger charge is 2.34. The molecule has 0 saturated carbocycles. The number of aromatic nitrogens is 1. The van der Waals surface area contributed by atoms with Gasteiger partial charge in [0.2, 0.25) is 0 Å². The number of hydrogen-bond donors (Lipinski definition) is 3. The number of carboxylic acids is 1. The summed E-state index contributed by atoms with van der Waals surface area (Å²) in [5.41, 5.74) is 1.62. The highest BCUT2D eigenvalue weighted by Crippen LogP contribution is 2.25. The molecule has 0 aliphatic carbocycles. The second-order valence-electron chi connectivity index (χ2n) is 4.76. The molecule has 1 fully saturated rings. The van der Waals surface area contributed by atoms with Crippen molar-refractivity contribution in [3.05, 3.63) is 30.5 Å². The fraction of sp³-hybridized carbons (Fsp3) is 0.286. The Kier molecular flexibility index (Phi) is 3.15. The minimum Gasteiger partial charge on any atom is -0.479 e. The van der Waals surface area contributed by atoms with Gasteiger partial charge in [0.25, 0.3) is 5.91 Å². The molecular weight excluding hydrogens is 260 g/mol. The van der Waals surface area contributed by atoms with Crippen molar-refractivity contribution in [2.24, 2.45) is 0 Å². The molecule has 104 valence electrons. The maximum absolute atomic E-state index is 12.1. The van der Waals surface area contributed by atoms with E-state index in [0.29, 0.717) is 18.5 Å². The fourth-order valence-electron chi connectivity index (χ4n) is 2.42. The van der Waals surface area contributed by atoms with Crippen LogP contribution in [-0.2, 0) is 14.3 Å². The summed E-state index contributed by atoms with van der Waals surface area (Å²) in [5, 5.41) is 12.6. The summed E-state index contributed by atoms with van der Waals surface area (Å²) in [4.78, 5) is 26.0. The molecule has 0 unspecified atom stereocenters. The zero-order chi connectivity index (χ0) is 14.1. The smallest absolute Gasteiger partial charge is 0.332 e. The zero-order valence-electron chi connectivity index (χ0n) is 10.6. The number of hydrogen-bond acceptors (Lipinski definition) is 3. The Morgan fingerprint density at radius 3 is 2.80 bits per heavy atom. The average molecular weight is 274 g/mol. The SMILES string of the molecule is O=C(Nc1cccc2[nH]ccc12)[C@@H]1CC[C@H](C(=O)O)O1. The Hall–Kier alpha value is -2.34. The number of amides is 1. The number of carbonyl (C=O) groups excluding carboxylic acids is 1. The topological polar surface area (TPSA) is 91.4 Å². The lowest BCUT2D eigenvalue weighted by Gasteiger charge is -2.12. The Labute approximate surface area is 114 Å². The van der Waals surface area contributed by atoms with Gasteiger partial charge in [-0.25, -0.2) is 4.79 Å². The Morgan fingerprint density at radius 1 is 1.25 bits per heavy atom. The van der Waals surface area contributed by atoms with Crippen molar-refractivity contribution in [3.8, 4) is 0 Å². The maximum atomic E-state index is 12.1. The minimum absolute atomic E-state index is 0.303. The second kappa shape index (κ2) is 4.97. The monoisotopic (exact) mass is 274 g/mol. The summed E-state index contributed by atoms with van der Waals surface area (Å²) < 4.78 is 5.23. The van der Waals surface area contributed by atoms with E-state index in [-0.39, 0.29) is 5.91 Å². The summed E-state index contributed by atoms with van der Waals surface area (Å²) >= 11 is 0. The highest BCUT2D eigenvalue weighted by atomic mass is 16.5. The molecule has 2 atom stereocenters. The van der Waals surface area contributed by atoms with Crippen molar-refractivity contribution in [3.63, 3.8) is 0 Å². The first kappa shape index (κ1) is 12.7. The first-order chi connectivity index (χ1) is 9.65. The minimum atomic E-state index is -1.02. The van der Waals surface area contributed by atoms with Gasteiger partial charge in [-0.3, -0.25) is 4.79 Å². The van der Waals surface area contributed by atoms with Crippen LogP contribution in [0, 0.1) is 0 Å². The predicted molar refractivity (Wildman–Crippen MR) is 72.5 cm³/mol. The van der Waals surface area contributed by atoms with Crippen LogP contribution in [0.4, 0.5) is 5.69 Å². The van der Waals surface area contributed by atoms with E-state index < -0.39 is 18.2 Å². The first-order valence-corrected chi connectivity index (χ1v) is 6.40. The molecule has 0 spiro atoms. The Balaban J connectivity index is 1.73. The van der Waals surface area contributed by atoms with Gasteiger partial charge in [-0.1, -0.05) is 6.07 Å². The van der Waals surface area contributed by atoms with Crippen molar-refractivity contribution >= 4 is 28.5 Å². The number of benzene rings is 1. The molecule has 0 bridgehead atoms. The van der Waals surface area contributed by atoms with Gasteiger partial charge in [0, 0.05) is 17.1 Å². The molecule has 3 N–H and O–H groups in total. The number of H-pyrrole nitrogens is 1. The van der Waals surface area contributed by atoms with E-state index in [1.54, 1.807) is 12.3 Å². The number of fused-ring (bicyclic) bond motifs is 1. The van der Waals surface area contributed by atoms with Gasteiger partial charge in [0.15, 0.2) is 6.10 Å². The molecule has 1 aromatic heterocycles. The van der Waals surface area contributed by atoms with Crippen LogP contribution in [-0.4, -0.2) is 34.2 Å². The molecular formula is C14H14N2O4. The van der Waals surface area contributed by atoms with Crippen LogP contribution in [0.5, 0.6) is 0 Å². The first-order valence-electron chi connectivity index (χ1n) is 6.40. The largest absolute Gasteiger partial charge is 0.479 e. The number of aliphatic carboxylic acids is 1. The molecule has 2 aromatic rings. The molecule has 1 saturated heterocycles. The molecule has 6 nitrogen and oxygen atoms in total. The number of aromatic amines is 1. The van der Waals surface area contributed by atoms with E-state index in [0.717, 1.165) is 10.9 Å².